The highest BCUT2D eigenvalue weighted by molar-refractivity contribution is 6.34. The summed E-state index contributed by atoms with van der Waals surface area (Å²) in [6, 6.07) is 20.8. The molecule has 0 aromatic heterocycles. The number of methoxy groups -OCH3 is 2. The Morgan fingerprint density at radius 1 is 0.939 bits per heavy atom. The minimum absolute atomic E-state index is 0.163. The third-order valence-electron chi connectivity index (χ3n) is 5.41. The van der Waals surface area contributed by atoms with E-state index in [0.29, 0.717) is 11.4 Å². The van der Waals surface area contributed by atoms with Gasteiger partial charge in [0.1, 0.15) is 17.1 Å². The van der Waals surface area contributed by atoms with Crippen molar-refractivity contribution in [3.05, 3.63) is 88.4 Å². The van der Waals surface area contributed by atoms with Gasteiger partial charge >= 0.3 is 5.97 Å². The predicted molar refractivity (Wildman–Crippen MR) is 128 cm³/mol. The molecule has 3 aromatic carbocycles. The Balaban J connectivity index is 1.64. The van der Waals surface area contributed by atoms with Gasteiger partial charge in [0.25, 0.3) is 5.91 Å². The SMILES string of the molecule is COC(=O)c1cc(Cl)c(NC(=O)COc2ccc(C(C)(C)c3ccccc3)cc2)cc1OC. The number of benzene rings is 3. The molecule has 0 atom stereocenters. The summed E-state index contributed by atoms with van der Waals surface area (Å²) >= 11 is 6.21. The quantitative estimate of drug-likeness (QED) is 0.444. The fourth-order valence-electron chi connectivity index (χ4n) is 3.41. The van der Waals surface area contributed by atoms with Gasteiger partial charge in [0.2, 0.25) is 0 Å². The van der Waals surface area contributed by atoms with E-state index >= 15 is 0 Å². The molecular weight excluding hydrogens is 442 g/mol. The summed E-state index contributed by atoms with van der Waals surface area (Å²) in [5.41, 5.74) is 2.65. The molecule has 0 radical (unpaired) electrons. The largest absolute Gasteiger partial charge is 0.496 e. The highest BCUT2D eigenvalue weighted by atomic mass is 35.5. The standard InChI is InChI=1S/C26H26ClNO5/c1-26(2,17-8-6-5-7-9-17)18-10-12-19(13-11-18)33-16-24(29)28-22-15-23(31-3)20(14-21(22)27)25(30)32-4/h5-15H,16H2,1-4H3,(H,28,29). The van der Waals surface area contributed by atoms with Crippen LogP contribution in [0.3, 0.4) is 0 Å². The average Bonchev–Trinajstić information content (AvgIpc) is 2.84. The van der Waals surface area contributed by atoms with E-state index in [-0.39, 0.29) is 28.4 Å². The molecule has 0 aliphatic heterocycles. The monoisotopic (exact) mass is 467 g/mol. The number of anilines is 1. The molecule has 0 aliphatic carbocycles. The minimum atomic E-state index is -0.589. The molecule has 1 amide bonds. The van der Waals surface area contributed by atoms with Crippen molar-refractivity contribution in [2.45, 2.75) is 19.3 Å². The van der Waals surface area contributed by atoms with E-state index in [0.717, 1.165) is 5.56 Å². The smallest absolute Gasteiger partial charge is 0.341 e. The second-order valence-corrected chi connectivity index (χ2v) is 8.28. The summed E-state index contributed by atoms with van der Waals surface area (Å²) in [6.45, 7) is 4.11. The summed E-state index contributed by atoms with van der Waals surface area (Å²) in [5.74, 6) is -0.186. The normalized spacial score (nSPS) is 10.9. The molecule has 0 saturated carbocycles. The van der Waals surface area contributed by atoms with E-state index in [1.807, 2.05) is 42.5 Å². The van der Waals surface area contributed by atoms with Gasteiger partial charge in [-0.15, -0.1) is 0 Å². The molecule has 0 spiro atoms. The van der Waals surface area contributed by atoms with Crippen LogP contribution >= 0.6 is 11.6 Å². The number of carbonyl (C=O) groups is 2. The Hall–Kier alpha value is -3.51. The number of amides is 1. The van der Waals surface area contributed by atoms with Crippen molar-refractivity contribution >= 4 is 29.2 Å². The average molecular weight is 468 g/mol. The van der Waals surface area contributed by atoms with Crippen molar-refractivity contribution in [3.8, 4) is 11.5 Å². The van der Waals surface area contributed by atoms with Crippen LogP contribution in [0, 0.1) is 0 Å². The number of nitrogens with one attached hydrogen (secondary N) is 1. The zero-order chi connectivity index (χ0) is 24.0. The fraction of sp³-hybridized carbons (Fsp3) is 0.231. The number of hydrogen-bond acceptors (Lipinski definition) is 5. The summed E-state index contributed by atoms with van der Waals surface area (Å²) in [5, 5.41) is 2.85. The first-order chi connectivity index (χ1) is 15.8. The lowest BCUT2D eigenvalue weighted by Gasteiger charge is -2.26. The Labute approximate surface area is 198 Å². The molecule has 0 saturated heterocycles. The van der Waals surface area contributed by atoms with E-state index in [2.05, 4.69) is 31.3 Å². The molecule has 0 aliphatic rings. The van der Waals surface area contributed by atoms with Gasteiger partial charge in [-0.3, -0.25) is 4.79 Å². The lowest BCUT2D eigenvalue weighted by Crippen LogP contribution is -2.21. The summed E-state index contributed by atoms with van der Waals surface area (Å²) < 4.78 is 15.5. The van der Waals surface area contributed by atoms with Crippen LogP contribution < -0.4 is 14.8 Å². The number of hydrogen-bond donors (Lipinski definition) is 1. The summed E-state index contributed by atoms with van der Waals surface area (Å²) in [4.78, 5) is 24.2. The van der Waals surface area contributed by atoms with E-state index in [9.17, 15) is 9.59 Å². The van der Waals surface area contributed by atoms with Crippen molar-refractivity contribution < 1.29 is 23.8 Å². The van der Waals surface area contributed by atoms with Crippen molar-refractivity contribution in [2.24, 2.45) is 0 Å². The molecule has 0 bridgehead atoms. The van der Waals surface area contributed by atoms with Crippen LogP contribution in [0.1, 0.15) is 35.3 Å². The Bertz CT molecular complexity index is 1130. The highest BCUT2D eigenvalue weighted by Gasteiger charge is 2.23. The van der Waals surface area contributed by atoms with Gasteiger partial charge in [0.15, 0.2) is 6.61 Å². The molecule has 172 valence electrons. The maximum Gasteiger partial charge on any atom is 0.341 e. The Kier molecular flexibility index (Phi) is 7.61. The van der Waals surface area contributed by atoms with Gasteiger partial charge < -0.3 is 19.5 Å². The highest BCUT2D eigenvalue weighted by Crippen LogP contribution is 2.33. The lowest BCUT2D eigenvalue weighted by molar-refractivity contribution is -0.118. The maximum absolute atomic E-state index is 12.4. The predicted octanol–water partition coefficient (Wildman–Crippen LogP) is 5.48. The third-order valence-corrected chi connectivity index (χ3v) is 5.72. The first kappa shape index (κ1) is 24.1. The van der Waals surface area contributed by atoms with Crippen LogP contribution in [0.15, 0.2) is 66.7 Å². The van der Waals surface area contributed by atoms with Crippen LogP contribution in [-0.4, -0.2) is 32.7 Å². The zero-order valence-corrected chi connectivity index (χ0v) is 19.7. The molecule has 3 rings (SSSR count). The zero-order valence-electron chi connectivity index (χ0n) is 19.0. The lowest BCUT2D eigenvalue weighted by atomic mass is 9.78. The van der Waals surface area contributed by atoms with Crippen molar-refractivity contribution in [1.82, 2.24) is 0 Å². The summed E-state index contributed by atoms with van der Waals surface area (Å²) in [6.07, 6.45) is 0. The van der Waals surface area contributed by atoms with Gasteiger partial charge in [-0.05, 0) is 29.3 Å². The van der Waals surface area contributed by atoms with Gasteiger partial charge in [-0.1, -0.05) is 67.9 Å². The van der Waals surface area contributed by atoms with E-state index < -0.39 is 11.9 Å². The third kappa shape index (κ3) is 5.65. The number of carbonyl (C=O) groups excluding carboxylic acids is 2. The molecule has 33 heavy (non-hydrogen) atoms. The Morgan fingerprint density at radius 3 is 2.18 bits per heavy atom. The first-order valence-corrected chi connectivity index (χ1v) is 10.7. The number of halogens is 1. The topological polar surface area (TPSA) is 73.9 Å². The molecule has 1 N–H and O–H groups in total. The molecule has 0 heterocycles. The van der Waals surface area contributed by atoms with Crippen LogP contribution in [-0.2, 0) is 14.9 Å². The second-order valence-electron chi connectivity index (χ2n) is 7.88. The molecule has 0 unspecified atom stereocenters. The second kappa shape index (κ2) is 10.4. The molecule has 3 aromatic rings. The van der Waals surface area contributed by atoms with E-state index in [1.165, 1.54) is 31.9 Å². The van der Waals surface area contributed by atoms with Crippen LogP contribution in [0.5, 0.6) is 11.5 Å². The van der Waals surface area contributed by atoms with E-state index in [4.69, 9.17) is 25.8 Å². The van der Waals surface area contributed by atoms with Crippen LogP contribution in [0.4, 0.5) is 5.69 Å². The van der Waals surface area contributed by atoms with Gasteiger partial charge in [-0.25, -0.2) is 4.79 Å². The number of esters is 1. The van der Waals surface area contributed by atoms with Crippen molar-refractivity contribution in [2.75, 3.05) is 26.1 Å². The van der Waals surface area contributed by atoms with Gasteiger partial charge in [0, 0.05) is 11.5 Å². The van der Waals surface area contributed by atoms with Crippen LogP contribution in [0.2, 0.25) is 5.02 Å². The molecule has 6 nitrogen and oxygen atoms in total. The molecule has 0 fully saturated rings. The fourth-order valence-corrected chi connectivity index (χ4v) is 3.62. The van der Waals surface area contributed by atoms with Crippen LogP contribution in [0.25, 0.3) is 0 Å². The minimum Gasteiger partial charge on any atom is -0.496 e. The van der Waals surface area contributed by atoms with Gasteiger partial charge in [-0.2, -0.15) is 0 Å². The number of rotatable bonds is 8. The van der Waals surface area contributed by atoms with E-state index in [1.54, 1.807) is 0 Å². The first-order valence-electron chi connectivity index (χ1n) is 10.3. The maximum atomic E-state index is 12.4. The molecular formula is C26H26ClNO5. The van der Waals surface area contributed by atoms with Crippen molar-refractivity contribution in [1.29, 1.82) is 0 Å². The molecule has 7 heteroatoms. The number of ether oxygens (including phenoxy) is 3. The Morgan fingerprint density at radius 2 is 1.58 bits per heavy atom. The summed E-state index contributed by atoms with van der Waals surface area (Å²) in [7, 11) is 2.67. The van der Waals surface area contributed by atoms with Gasteiger partial charge in [0.05, 0.1) is 24.9 Å². The van der Waals surface area contributed by atoms with Crippen molar-refractivity contribution in [3.63, 3.8) is 0 Å².